The van der Waals surface area contributed by atoms with E-state index in [4.69, 9.17) is 4.42 Å². The molecule has 5 nitrogen and oxygen atoms in total. The van der Waals surface area contributed by atoms with Gasteiger partial charge in [-0.25, -0.2) is 0 Å². The Morgan fingerprint density at radius 3 is 2.83 bits per heavy atom. The minimum Gasteiger partial charge on any atom is -0.465 e. The second-order valence-corrected chi connectivity index (χ2v) is 7.57. The zero-order chi connectivity index (χ0) is 17.3. The molecule has 2 amide bonds. The minimum absolute atomic E-state index is 0.0311. The summed E-state index contributed by atoms with van der Waals surface area (Å²) in [4.78, 5) is 28.1. The summed E-state index contributed by atoms with van der Waals surface area (Å²) in [6.07, 6.45) is 2.39. The zero-order valence-corrected chi connectivity index (χ0v) is 15.0. The first-order valence-electron chi connectivity index (χ1n) is 8.10. The van der Waals surface area contributed by atoms with E-state index in [9.17, 15) is 9.59 Å². The van der Waals surface area contributed by atoms with Crippen molar-refractivity contribution in [2.75, 3.05) is 14.1 Å². The van der Waals surface area contributed by atoms with Gasteiger partial charge in [0.15, 0.2) is 0 Å². The molecule has 0 bridgehead atoms. The van der Waals surface area contributed by atoms with Gasteiger partial charge in [0.1, 0.15) is 11.5 Å². The van der Waals surface area contributed by atoms with Gasteiger partial charge in [-0.1, -0.05) is 0 Å². The zero-order valence-electron chi connectivity index (χ0n) is 14.2. The fourth-order valence-electron chi connectivity index (χ4n) is 2.97. The van der Waals surface area contributed by atoms with Crippen molar-refractivity contribution in [2.45, 2.75) is 32.7 Å². The molecule has 0 radical (unpaired) electrons. The van der Waals surface area contributed by atoms with Crippen LogP contribution in [0.2, 0.25) is 0 Å². The van der Waals surface area contributed by atoms with E-state index >= 15 is 0 Å². The highest BCUT2D eigenvalue weighted by atomic mass is 32.1. The van der Waals surface area contributed by atoms with Crippen LogP contribution in [0.3, 0.4) is 0 Å². The third-order valence-electron chi connectivity index (χ3n) is 4.30. The predicted octanol–water partition coefficient (Wildman–Crippen LogP) is 2.77. The Bertz CT molecular complexity index is 760. The predicted molar refractivity (Wildman–Crippen MR) is 93.1 cm³/mol. The van der Waals surface area contributed by atoms with Gasteiger partial charge < -0.3 is 14.6 Å². The molecule has 0 saturated heterocycles. The number of amides is 2. The average Bonchev–Trinajstić information content (AvgIpc) is 3.16. The number of nitrogens with one attached hydrogen (secondary N) is 1. The third-order valence-corrected chi connectivity index (χ3v) is 5.53. The molecule has 24 heavy (non-hydrogen) atoms. The van der Waals surface area contributed by atoms with Crippen molar-refractivity contribution in [3.8, 4) is 0 Å². The van der Waals surface area contributed by atoms with Crippen LogP contribution in [0.5, 0.6) is 0 Å². The highest BCUT2D eigenvalue weighted by Crippen LogP contribution is 2.33. The lowest BCUT2D eigenvalue weighted by Crippen LogP contribution is -2.33. The van der Waals surface area contributed by atoms with Crippen LogP contribution in [-0.4, -0.2) is 30.8 Å². The summed E-state index contributed by atoms with van der Waals surface area (Å²) in [5.41, 5.74) is 1.14. The molecule has 3 rings (SSSR count). The number of fused-ring (bicyclic) bond motifs is 1. The number of nitrogens with zero attached hydrogens (tertiary/aromatic N) is 1. The molecule has 128 valence electrons. The van der Waals surface area contributed by atoms with Crippen molar-refractivity contribution in [3.05, 3.63) is 45.0 Å². The summed E-state index contributed by atoms with van der Waals surface area (Å²) in [5, 5.41) is 2.96. The normalized spacial score (nSPS) is 16.5. The molecular weight excluding hydrogens is 324 g/mol. The van der Waals surface area contributed by atoms with E-state index in [1.54, 1.807) is 30.3 Å². The number of furan rings is 1. The molecule has 2 heterocycles. The molecular formula is C18H22N2O3S. The van der Waals surface area contributed by atoms with Crippen LogP contribution < -0.4 is 5.32 Å². The van der Waals surface area contributed by atoms with Gasteiger partial charge in [0.2, 0.25) is 5.91 Å². The van der Waals surface area contributed by atoms with E-state index < -0.39 is 0 Å². The molecule has 0 aromatic carbocycles. The van der Waals surface area contributed by atoms with Crippen LogP contribution in [0.1, 0.15) is 38.1 Å². The Hall–Kier alpha value is -2.08. The molecule has 1 aliphatic rings. The van der Waals surface area contributed by atoms with E-state index in [1.165, 1.54) is 4.88 Å². The van der Waals surface area contributed by atoms with E-state index in [0.29, 0.717) is 13.0 Å². The van der Waals surface area contributed by atoms with Crippen molar-refractivity contribution >= 4 is 23.2 Å². The number of hydrogen-bond acceptors (Lipinski definition) is 4. The Morgan fingerprint density at radius 1 is 1.38 bits per heavy atom. The SMILES string of the molecule is Cc1ccc(CNC(=O)C2CCc3sc(C(=O)N(C)C)cc3C2)o1. The van der Waals surface area contributed by atoms with Crippen LogP contribution in [0.25, 0.3) is 0 Å². The first kappa shape index (κ1) is 16.8. The lowest BCUT2D eigenvalue weighted by Gasteiger charge is -2.21. The number of hydrogen-bond donors (Lipinski definition) is 1. The molecule has 6 heteroatoms. The number of aryl methyl sites for hydroxylation is 2. The maximum Gasteiger partial charge on any atom is 0.263 e. The van der Waals surface area contributed by atoms with Crippen molar-refractivity contribution in [1.29, 1.82) is 0 Å². The smallest absolute Gasteiger partial charge is 0.263 e. The van der Waals surface area contributed by atoms with Gasteiger partial charge >= 0.3 is 0 Å². The molecule has 0 fully saturated rings. The first-order valence-corrected chi connectivity index (χ1v) is 8.92. The molecule has 0 saturated carbocycles. The second-order valence-electron chi connectivity index (χ2n) is 6.43. The van der Waals surface area contributed by atoms with Crippen molar-refractivity contribution < 1.29 is 14.0 Å². The number of rotatable bonds is 4. The molecule has 1 atom stereocenters. The molecule has 2 aromatic rings. The lowest BCUT2D eigenvalue weighted by atomic mass is 9.87. The quantitative estimate of drug-likeness (QED) is 0.926. The Balaban J connectivity index is 1.61. The Morgan fingerprint density at radius 2 is 2.17 bits per heavy atom. The maximum atomic E-state index is 12.4. The maximum absolute atomic E-state index is 12.4. The van der Waals surface area contributed by atoms with E-state index in [-0.39, 0.29) is 17.7 Å². The van der Waals surface area contributed by atoms with Gasteiger partial charge in [0.25, 0.3) is 5.91 Å². The fourth-order valence-corrected chi connectivity index (χ4v) is 4.20. The summed E-state index contributed by atoms with van der Waals surface area (Å²) in [7, 11) is 3.52. The molecule has 1 N–H and O–H groups in total. The van der Waals surface area contributed by atoms with Gasteiger partial charge in [0, 0.05) is 24.9 Å². The largest absolute Gasteiger partial charge is 0.465 e. The van der Waals surface area contributed by atoms with E-state index in [0.717, 1.165) is 34.8 Å². The molecule has 0 spiro atoms. The van der Waals surface area contributed by atoms with Gasteiger partial charge in [-0.05, 0) is 49.9 Å². The van der Waals surface area contributed by atoms with Crippen LogP contribution in [-0.2, 0) is 24.2 Å². The second kappa shape index (κ2) is 6.81. The Labute approximate surface area is 145 Å². The number of carbonyl (C=O) groups excluding carboxylic acids is 2. The van der Waals surface area contributed by atoms with Crippen LogP contribution in [0, 0.1) is 12.8 Å². The summed E-state index contributed by atoms with van der Waals surface area (Å²) in [6.45, 7) is 2.31. The van der Waals surface area contributed by atoms with Crippen LogP contribution in [0.15, 0.2) is 22.6 Å². The topological polar surface area (TPSA) is 62.6 Å². The van der Waals surface area contributed by atoms with Crippen molar-refractivity contribution in [1.82, 2.24) is 10.2 Å². The Kier molecular flexibility index (Phi) is 4.76. The van der Waals surface area contributed by atoms with Gasteiger partial charge in [-0.3, -0.25) is 9.59 Å². The van der Waals surface area contributed by atoms with Gasteiger partial charge in [0.05, 0.1) is 11.4 Å². The van der Waals surface area contributed by atoms with Crippen molar-refractivity contribution in [3.63, 3.8) is 0 Å². The first-order chi connectivity index (χ1) is 11.4. The number of carbonyl (C=O) groups is 2. The minimum atomic E-state index is -0.0366. The fraction of sp³-hybridized carbons (Fsp3) is 0.444. The molecule has 2 aromatic heterocycles. The summed E-state index contributed by atoms with van der Waals surface area (Å²) >= 11 is 1.56. The van der Waals surface area contributed by atoms with E-state index in [1.807, 2.05) is 25.1 Å². The van der Waals surface area contributed by atoms with Gasteiger partial charge in [-0.2, -0.15) is 0 Å². The molecule has 1 unspecified atom stereocenters. The number of thiophene rings is 1. The van der Waals surface area contributed by atoms with Gasteiger partial charge in [-0.15, -0.1) is 11.3 Å². The summed E-state index contributed by atoms with van der Waals surface area (Å²) < 4.78 is 5.47. The average molecular weight is 346 g/mol. The third kappa shape index (κ3) is 3.53. The van der Waals surface area contributed by atoms with E-state index in [2.05, 4.69) is 5.32 Å². The lowest BCUT2D eigenvalue weighted by molar-refractivity contribution is -0.125. The highest BCUT2D eigenvalue weighted by molar-refractivity contribution is 7.14. The molecule has 1 aliphatic carbocycles. The highest BCUT2D eigenvalue weighted by Gasteiger charge is 2.27. The summed E-state index contributed by atoms with van der Waals surface area (Å²) in [6, 6.07) is 5.73. The molecule has 0 aliphatic heterocycles. The monoisotopic (exact) mass is 346 g/mol. The van der Waals surface area contributed by atoms with Crippen LogP contribution >= 0.6 is 11.3 Å². The van der Waals surface area contributed by atoms with Crippen LogP contribution in [0.4, 0.5) is 0 Å². The standard InChI is InChI=1S/C18H22N2O3S/c1-11-4-6-14(23-11)10-19-17(21)12-5-7-15-13(8-12)9-16(24-15)18(22)20(2)3/h4,6,9,12H,5,7-8,10H2,1-3H3,(H,19,21). The van der Waals surface area contributed by atoms with Crippen molar-refractivity contribution in [2.24, 2.45) is 5.92 Å². The summed E-state index contributed by atoms with van der Waals surface area (Å²) in [5.74, 6) is 1.67.